The van der Waals surface area contributed by atoms with Crippen LogP contribution in [-0.2, 0) is 9.53 Å². The van der Waals surface area contributed by atoms with Gasteiger partial charge in [0.2, 0.25) is 5.88 Å². The van der Waals surface area contributed by atoms with E-state index in [1.165, 1.54) is 4.90 Å². The van der Waals surface area contributed by atoms with Gasteiger partial charge in [-0.3, -0.25) is 14.5 Å². The molecule has 0 aliphatic carbocycles. The highest BCUT2D eigenvalue weighted by atomic mass is 16.6. The van der Waals surface area contributed by atoms with Gasteiger partial charge in [0.1, 0.15) is 6.04 Å². The summed E-state index contributed by atoms with van der Waals surface area (Å²) in [7, 11) is 0. The van der Waals surface area contributed by atoms with Crippen LogP contribution < -0.4 is 5.32 Å². The van der Waals surface area contributed by atoms with Crippen LogP contribution in [-0.4, -0.2) is 28.7 Å². The molecule has 1 heterocycles. The summed E-state index contributed by atoms with van der Waals surface area (Å²) in [6.07, 6.45) is 0. The van der Waals surface area contributed by atoms with Gasteiger partial charge in [-0.15, -0.1) is 0 Å². The molecule has 1 atom stereocenters. The van der Waals surface area contributed by atoms with E-state index in [-0.39, 0.29) is 17.7 Å². The van der Waals surface area contributed by atoms with Gasteiger partial charge >= 0.3 is 5.97 Å². The predicted molar refractivity (Wildman–Crippen MR) is 94.8 cm³/mol. The molecule has 2 amide bonds. The Morgan fingerprint density at radius 2 is 1.50 bits per heavy atom. The highest BCUT2D eigenvalue weighted by Crippen LogP contribution is 2.26. The maximum Gasteiger partial charge on any atom is 0.335 e. The number of nitrogens with zero attached hydrogens (tertiary/aromatic N) is 1. The highest BCUT2D eigenvalue weighted by Gasteiger charge is 2.40. The molecule has 0 saturated carbocycles. The molecule has 0 aromatic heterocycles. The maximum absolute atomic E-state index is 12.8. The Bertz CT molecular complexity index is 875. The summed E-state index contributed by atoms with van der Waals surface area (Å²) < 4.78 is 5.26. The molecule has 6 heteroatoms. The lowest BCUT2D eigenvalue weighted by Gasteiger charge is -2.20. The SMILES string of the molecule is C/C(NC(=O)c1ccccc1)=C1/OC(=O)[C@H](C)N1C(=O)c1ccccc1. The molecule has 0 spiro atoms. The summed E-state index contributed by atoms with van der Waals surface area (Å²) in [6.45, 7) is 3.18. The minimum atomic E-state index is -0.777. The number of carbonyl (C=O) groups is 3. The van der Waals surface area contributed by atoms with E-state index in [1.54, 1.807) is 68.4 Å². The van der Waals surface area contributed by atoms with Gasteiger partial charge in [-0.2, -0.15) is 0 Å². The van der Waals surface area contributed by atoms with E-state index in [0.29, 0.717) is 16.8 Å². The Kier molecular flexibility index (Phi) is 4.84. The first-order chi connectivity index (χ1) is 12.5. The fourth-order valence-electron chi connectivity index (χ4n) is 2.64. The summed E-state index contributed by atoms with van der Waals surface area (Å²) >= 11 is 0. The zero-order chi connectivity index (χ0) is 18.7. The van der Waals surface area contributed by atoms with E-state index < -0.39 is 12.0 Å². The monoisotopic (exact) mass is 350 g/mol. The summed E-state index contributed by atoms with van der Waals surface area (Å²) in [6, 6.07) is 16.5. The molecule has 1 N–H and O–H groups in total. The third-order valence-electron chi connectivity index (χ3n) is 4.04. The van der Waals surface area contributed by atoms with E-state index in [1.807, 2.05) is 6.07 Å². The molecule has 1 aliphatic heterocycles. The van der Waals surface area contributed by atoms with Crippen molar-refractivity contribution in [3.8, 4) is 0 Å². The van der Waals surface area contributed by atoms with Crippen molar-refractivity contribution in [2.45, 2.75) is 19.9 Å². The minimum absolute atomic E-state index is 0.0423. The number of benzene rings is 2. The van der Waals surface area contributed by atoms with Gasteiger partial charge in [-0.25, -0.2) is 4.79 Å². The molecule has 132 valence electrons. The number of amides is 2. The Labute approximate surface area is 151 Å². The van der Waals surface area contributed by atoms with Crippen molar-refractivity contribution >= 4 is 17.8 Å². The van der Waals surface area contributed by atoms with Gasteiger partial charge in [0.25, 0.3) is 11.8 Å². The summed E-state index contributed by atoms with van der Waals surface area (Å²) in [5.41, 5.74) is 1.18. The molecule has 26 heavy (non-hydrogen) atoms. The zero-order valence-electron chi connectivity index (χ0n) is 14.4. The number of hydrogen-bond donors (Lipinski definition) is 1. The van der Waals surface area contributed by atoms with Crippen LogP contribution in [0.4, 0.5) is 0 Å². The van der Waals surface area contributed by atoms with Crippen LogP contribution >= 0.6 is 0 Å². The smallest absolute Gasteiger partial charge is 0.335 e. The molecule has 1 fully saturated rings. The number of ether oxygens (including phenoxy) is 1. The molecule has 1 aliphatic rings. The number of nitrogens with one attached hydrogen (secondary N) is 1. The zero-order valence-corrected chi connectivity index (χ0v) is 14.4. The Morgan fingerprint density at radius 3 is 2.08 bits per heavy atom. The third-order valence-corrected chi connectivity index (χ3v) is 4.04. The van der Waals surface area contributed by atoms with Gasteiger partial charge in [0, 0.05) is 11.1 Å². The average molecular weight is 350 g/mol. The number of rotatable bonds is 3. The van der Waals surface area contributed by atoms with Crippen molar-refractivity contribution in [3.63, 3.8) is 0 Å². The number of cyclic esters (lactones) is 1. The third kappa shape index (κ3) is 3.35. The van der Waals surface area contributed by atoms with Crippen molar-refractivity contribution in [3.05, 3.63) is 83.4 Å². The second kappa shape index (κ2) is 7.23. The summed E-state index contributed by atoms with van der Waals surface area (Å²) in [5.74, 6) is -1.22. The van der Waals surface area contributed by atoms with Crippen LogP contribution in [0.1, 0.15) is 34.6 Å². The Hall–Kier alpha value is -3.41. The standard InChI is InChI=1S/C20H18N2O4/c1-13(21-17(23)15-9-5-3-6-10-15)19-22(14(2)20(25)26-19)18(24)16-11-7-4-8-12-16/h3-12,14H,1-2H3,(H,21,23)/b19-13-/t14-/m0/s1. The maximum atomic E-state index is 12.8. The van der Waals surface area contributed by atoms with Crippen molar-refractivity contribution < 1.29 is 19.1 Å². The quantitative estimate of drug-likeness (QED) is 0.864. The lowest BCUT2D eigenvalue weighted by molar-refractivity contribution is -0.136. The van der Waals surface area contributed by atoms with Crippen LogP contribution in [0, 0.1) is 0 Å². The number of esters is 1. The summed E-state index contributed by atoms with van der Waals surface area (Å²) in [5, 5.41) is 2.69. The Balaban J connectivity index is 1.90. The first-order valence-electron chi connectivity index (χ1n) is 8.16. The van der Waals surface area contributed by atoms with Crippen LogP contribution in [0.25, 0.3) is 0 Å². The van der Waals surface area contributed by atoms with Crippen molar-refractivity contribution in [2.24, 2.45) is 0 Å². The normalized spacial score (nSPS) is 18.3. The fourth-order valence-corrected chi connectivity index (χ4v) is 2.64. The van der Waals surface area contributed by atoms with Crippen LogP contribution in [0.3, 0.4) is 0 Å². The van der Waals surface area contributed by atoms with Gasteiger partial charge in [-0.05, 0) is 38.1 Å². The van der Waals surface area contributed by atoms with Gasteiger partial charge in [-0.1, -0.05) is 36.4 Å². The largest absolute Gasteiger partial charge is 0.406 e. The fraction of sp³-hybridized carbons (Fsp3) is 0.150. The first-order valence-corrected chi connectivity index (χ1v) is 8.16. The number of carbonyl (C=O) groups excluding carboxylic acids is 3. The second-order valence-electron chi connectivity index (χ2n) is 5.89. The summed E-state index contributed by atoms with van der Waals surface area (Å²) in [4.78, 5) is 38.4. The lowest BCUT2D eigenvalue weighted by atomic mass is 10.1. The predicted octanol–water partition coefficient (Wildman–Crippen LogP) is 2.69. The Morgan fingerprint density at radius 1 is 0.962 bits per heavy atom. The van der Waals surface area contributed by atoms with E-state index in [4.69, 9.17) is 4.74 Å². The van der Waals surface area contributed by atoms with Crippen molar-refractivity contribution in [1.82, 2.24) is 10.2 Å². The van der Waals surface area contributed by atoms with Gasteiger partial charge in [0.15, 0.2) is 0 Å². The van der Waals surface area contributed by atoms with E-state index in [0.717, 1.165) is 0 Å². The molecular weight excluding hydrogens is 332 g/mol. The topological polar surface area (TPSA) is 75.7 Å². The number of allylic oxidation sites excluding steroid dienone is 1. The molecule has 1 saturated heterocycles. The molecule has 6 nitrogen and oxygen atoms in total. The average Bonchev–Trinajstić information content (AvgIpc) is 2.97. The molecular formula is C20H18N2O4. The van der Waals surface area contributed by atoms with E-state index in [9.17, 15) is 14.4 Å². The molecule has 0 unspecified atom stereocenters. The van der Waals surface area contributed by atoms with Crippen LogP contribution in [0.15, 0.2) is 72.2 Å². The molecule has 2 aromatic carbocycles. The second-order valence-corrected chi connectivity index (χ2v) is 5.89. The van der Waals surface area contributed by atoms with E-state index >= 15 is 0 Å². The van der Waals surface area contributed by atoms with Crippen molar-refractivity contribution in [1.29, 1.82) is 0 Å². The molecule has 3 rings (SSSR count). The van der Waals surface area contributed by atoms with Crippen molar-refractivity contribution in [2.75, 3.05) is 0 Å². The number of hydrogen-bond acceptors (Lipinski definition) is 4. The van der Waals surface area contributed by atoms with Crippen LogP contribution in [0.5, 0.6) is 0 Å². The van der Waals surface area contributed by atoms with Gasteiger partial charge in [0.05, 0.1) is 5.70 Å². The van der Waals surface area contributed by atoms with E-state index in [2.05, 4.69) is 5.32 Å². The minimum Gasteiger partial charge on any atom is -0.406 e. The molecule has 0 bridgehead atoms. The first kappa shape index (κ1) is 17.4. The highest BCUT2D eigenvalue weighted by molar-refractivity contribution is 6.00. The lowest BCUT2D eigenvalue weighted by Crippen LogP contribution is -2.36. The van der Waals surface area contributed by atoms with Gasteiger partial charge < -0.3 is 10.1 Å². The molecule has 0 radical (unpaired) electrons. The van der Waals surface area contributed by atoms with Crippen LogP contribution in [0.2, 0.25) is 0 Å². The molecule has 2 aromatic rings.